The molecule has 0 amide bonds. The third-order valence-corrected chi connectivity index (χ3v) is 11.9. The second kappa shape index (κ2) is 7.89. The van der Waals surface area contributed by atoms with Crippen LogP contribution in [0.1, 0.15) is 40.0 Å². The van der Waals surface area contributed by atoms with Crippen molar-refractivity contribution in [3.8, 4) is 22.3 Å². The molecule has 0 radical (unpaired) electrons. The van der Waals surface area contributed by atoms with Crippen LogP contribution in [0.2, 0.25) is 0 Å². The van der Waals surface area contributed by atoms with Gasteiger partial charge in [-0.05, 0) is 70.5 Å². The van der Waals surface area contributed by atoms with E-state index in [1.807, 2.05) is 11.3 Å². The highest BCUT2D eigenvalue weighted by atomic mass is 79.9. The van der Waals surface area contributed by atoms with Crippen LogP contribution in [0.15, 0.2) is 104 Å². The van der Waals surface area contributed by atoms with Gasteiger partial charge in [-0.3, -0.25) is 0 Å². The van der Waals surface area contributed by atoms with Crippen LogP contribution < -0.4 is 0 Å². The van der Waals surface area contributed by atoms with Gasteiger partial charge in [0.25, 0.3) is 0 Å². The lowest BCUT2D eigenvalue weighted by molar-refractivity contribution is 0.596. The summed E-state index contributed by atoms with van der Waals surface area (Å²) < 4.78 is 11.8. The van der Waals surface area contributed by atoms with E-state index >= 15 is 0 Å². The van der Waals surface area contributed by atoms with E-state index < -0.39 is 5.41 Å². The van der Waals surface area contributed by atoms with E-state index in [4.69, 9.17) is 4.42 Å². The Kier molecular flexibility index (Phi) is 4.46. The first-order valence-corrected chi connectivity index (χ1v) is 16.4. The fourth-order valence-corrected chi connectivity index (χ4v) is 10.7. The number of hydrogen-bond acceptors (Lipinski definition) is 2. The minimum absolute atomic E-state index is 0.440. The first kappa shape index (κ1) is 23.2. The largest absolute Gasteiger partial charge is 0.456 e. The van der Waals surface area contributed by atoms with E-state index in [0.29, 0.717) is 0 Å². The lowest BCUT2D eigenvalue weighted by Gasteiger charge is -2.30. The minimum Gasteiger partial charge on any atom is -0.456 e. The highest BCUT2D eigenvalue weighted by Gasteiger charge is 2.53. The fraction of sp³-hybridized carbons (Fsp3) is 0.0811. The molecule has 5 aromatic carbocycles. The van der Waals surface area contributed by atoms with E-state index in [9.17, 15) is 0 Å². The molecule has 41 heavy (non-hydrogen) atoms. The van der Waals surface area contributed by atoms with Crippen LogP contribution in [0, 0.1) is 0 Å². The second-order valence-corrected chi connectivity index (χ2v) is 14.1. The van der Waals surface area contributed by atoms with Gasteiger partial charge in [-0.15, -0.1) is 11.3 Å². The molecular weight excluding hydrogens is 652 g/mol. The zero-order valence-electron chi connectivity index (χ0n) is 21.7. The van der Waals surface area contributed by atoms with Gasteiger partial charge in [0.1, 0.15) is 11.3 Å². The van der Waals surface area contributed by atoms with Crippen LogP contribution in [0.25, 0.3) is 59.5 Å². The van der Waals surface area contributed by atoms with Crippen LogP contribution in [-0.4, -0.2) is 0 Å². The Hall–Kier alpha value is -3.44. The SMILES string of the molecule is Brc1cc2c(c3oc4c(c13)CCC=C4)-c1c(cc(Br)c3c1sc1ccccc13)C21c2ccccc2-c2ccccc21. The van der Waals surface area contributed by atoms with E-state index in [1.54, 1.807) is 0 Å². The van der Waals surface area contributed by atoms with Crippen molar-refractivity contribution in [3.05, 3.63) is 134 Å². The van der Waals surface area contributed by atoms with Gasteiger partial charge in [0.2, 0.25) is 0 Å². The van der Waals surface area contributed by atoms with Crippen molar-refractivity contribution in [1.29, 1.82) is 0 Å². The first-order chi connectivity index (χ1) is 20.2. The van der Waals surface area contributed by atoms with Gasteiger partial charge >= 0.3 is 0 Å². The Labute approximate surface area is 257 Å². The molecule has 0 atom stereocenters. The normalized spacial score (nSPS) is 15.5. The van der Waals surface area contributed by atoms with Crippen molar-refractivity contribution in [2.45, 2.75) is 18.3 Å². The van der Waals surface area contributed by atoms with Crippen molar-refractivity contribution in [1.82, 2.24) is 0 Å². The number of benzene rings is 5. The molecule has 1 spiro atoms. The summed E-state index contributed by atoms with van der Waals surface area (Å²) in [5.74, 6) is 1.000. The summed E-state index contributed by atoms with van der Waals surface area (Å²) in [6, 6.07) is 31.6. The maximum Gasteiger partial charge on any atom is 0.144 e. The van der Waals surface area contributed by atoms with Gasteiger partial charge in [0.05, 0.1) is 5.41 Å². The Morgan fingerprint density at radius 2 is 1.37 bits per heavy atom. The molecule has 0 fully saturated rings. The molecule has 0 aliphatic heterocycles. The molecule has 10 rings (SSSR count). The van der Waals surface area contributed by atoms with Gasteiger partial charge in [-0.2, -0.15) is 0 Å². The molecule has 0 saturated carbocycles. The summed E-state index contributed by atoms with van der Waals surface area (Å²) in [6.45, 7) is 0. The summed E-state index contributed by atoms with van der Waals surface area (Å²) in [7, 11) is 0. The smallest absolute Gasteiger partial charge is 0.144 e. The molecule has 0 bridgehead atoms. The molecule has 0 unspecified atom stereocenters. The zero-order chi connectivity index (χ0) is 27.0. The number of allylic oxidation sites excluding steroid dienone is 1. The number of thiophene rings is 1. The quantitative estimate of drug-likeness (QED) is 0.156. The van der Waals surface area contributed by atoms with E-state index in [1.165, 1.54) is 75.6 Å². The number of halogens is 2. The predicted octanol–water partition coefficient (Wildman–Crippen LogP) is 11.6. The average molecular weight is 672 g/mol. The van der Waals surface area contributed by atoms with Gasteiger partial charge < -0.3 is 4.42 Å². The van der Waals surface area contributed by atoms with E-state index in [2.05, 4.69) is 129 Å². The molecule has 0 N–H and O–H groups in total. The third kappa shape index (κ3) is 2.64. The summed E-state index contributed by atoms with van der Waals surface area (Å²) in [4.78, 5) is 0. The Morgan fingerprint density at radius 1 is 0.707 bits per heavy atom. The lowest BCUT2D eigenvalue weighted by atomic mass is 9.70. The average Bonchev–Trinajstić information content (AvgIpc) is 3.72. The van der Waals surface area contributed by atoms with Gasteiger partial charge in [0.15, 0.2) is 0 Å². The van der Waals surface area contributed by atoms with Crippen LogP contribution in [0.4, 0.5) is 0 Å². The Bertz CT molecular complexity index is 2310. The van der Waals surface area contributed by atoms with Gasteiger partial charge in [-0.1, -0.05) is 105 Å². The highest BCUT2D eigenvalue weighted by molar-refractivity contribution is 9.11. The Morgan fingerprint density at radius 3 is 2.15 bits per heavy atom. The van der Waals surface area contributed by atoms with Crippen molar-refractivity contribution in [3.63, 3.8) is 0 Å². The topological polar surface area (TPSA) is 13.1 Å². The molecule has 2 aromatic heterocycles. The zero-order valence-corrected chi connectivity index (χ0v) is 25.7. The van der Waals surface area contributed by atoms with Crippen LogP contribution >= 0.6 is 43.2 Å². The van der Waals surface area contributed by atoms with Crippen molar-refractivity contribution >= 4 is 80.4 Å². The molecule has 4 heteroatoms. The Balaban J connectivity index is 1.50. The predicted molar refractivity (Wildman–Crippen MR) is 178 cm³/mol. The van der Waals surface area contributed by atoms with E-state index in [0.717, 1.165) is 33.1 Å². The molecular formula is C37H20Br2OS. The molecule has 194 valence electrons. The first-order valence-electron chi connectivity index (χ1n) is 14.0. The summed E-state index contributed by atoms with van der Waals surface area (Å²) >= 11 is 10.0. The second-order valence-electron chi connectivity index (χ2n) is 11.3. The molecule has 3 aliphatic carbocycles. The third-order valence-electron chi connectivity index (χ3n) is 9.49. The van der Waals surface area contributed by atoms with E-state index in [-0.39, 0.29) is 0 Å². The fourth-order valence-electron chi connectivity index (χ4n) is 8.01. The summed E-state index contributed by atoms with van der Waals surface area (Å²) in [6.07, 6.45) is 6.44. The highest BCUT2D eigenvalue weighted by Crippen LogP contribution is 2.67. The van der Waals surface area contributed by atoms with Gasteiger partial charge in [-0.25, -0.2) is 0 Å². The minimum atomic E-state index is -0.440. The summed E-state index contributed by atoms with van der Waals surface area (Å²) in [5.41, 5.74) is 12.4. The number of hydrogen-bond donors (Lipinski definition) is 0. The van der Waals surface area contributed by atoms with Crippen LogP contribution in [0.5, 0.6) is 0 Å². The van der Waals surface area contributed by atoms with Crippen LogP contribution in [0.3, 0.4) is 0 Å². The number of furan rings is 1. The number of rotatable bonds is 0. The molecule has 7 aromatic rings. The molecule has 2 heterocycles. The van der Waals surface area contributed by atoms with Gasteiger partial charge in [0, 0.05) is 51.2 Å². The van der Waals surface area contributed by atoms with Crippen molar-refractivity contribution in [2.24, 2.45) is 0 Å². The van der Waals surface area contributed by atoms with Crippen molar-refractivity contribution < 1.29 is 4.42 Å². The lowest BCUT2D eigenvalue weighted by Crippen LogP contribution is -2.26. The maximum atomic E-state index is 6.88. The monoisotopic (exact) mass is 670 g/mol. The standard InChI is InChI=1S/C37H20Br2OS/c38-27-17-25-33(35-31(27)21-11-3-7-15-29(21)40-35)34-26(18-28(39)32-22-12-4-8-16-30(22)41-36(32)34)37(25)23-13-5-1-9-19(23)20-10-2-6-14-24(20)37/h1-2,4-10,12-18H,3,11H2. The van der Waals surface area contributed by atoms with Crippen LogP contribution in [-0.2, 0) is 11.8 Å². The maximum absolute atomic E-state index is 6.88. The number of fused-ring (bicyclic) bond motifs is 18. The molecule has 1 nitrogen and oxygen atoms in total. The number of aryl methyl sites for hydroxylation is 1. The molecule has 0 saturated heterocycles. The summed E-state index contributed by atoms with van der Waals surface area (Å²) in [5, 5.41) is 3.81. The van der Waals surface area contributed by atoms with Crippen molar-refractivity contribution in [2.75, 3.05) is 0 Å². The molecule has 3 aliphatic rings.